The number of carbonyl (C=O) groups is 1. The van der Waals surface area contributed by atoms with Crippen molar-refractivity contribution in [3.8, 4) is 0 Å². The molecule has 0 aromatic rings. The summed E-state index contributed by atoms with van der Waals surface area (Å²) in [5.41, 5.74) is 0.0799. The Morgan fingerprint density at radius 3 is 2.29 bits per heavy atom. The quantitative estimate of drug-likeness (QED) is 0.204. The van der Waals surface area contributed by atoms with Gasteiger partial charge in [-0.05, 0) is 32.6 Å². The van der Waals surface area contributed by atoms with Crippen LogP contribution in [0.4, 0.5) is 0 Å². The van der Waals surface area contributed by atoms with Crippen LogP contribution in [0.5, 0.6) is 0 Å². The molecule has 0 saturated carbocycles. The minimum atomic E-state index is -0.367. The van der Waals surface area contributed by atoms with Crippen molar-refractivity contribution >= 4 is 16.2 Å². The van der Waals surface area contributed by atoms with Crippen LogP contribution < -0.4 is 0 Å². The van der Waals surface area contributed by atoms with Gasteiger partial charge in [-0.3, -0.25) is 0 Å². The Kier molecular flexibility index (Phi) is 8.12. The molecule has 0 aliphatic heterocycles. The SMILES string of the molecule is C=C(C)C(=O)OCCCCCC([SiH3])(OC)OC. The maximum atomic E-state index is 11.1. The van der Waals surface area contributed by atoms with Gasteiger partial charge in [-0.15, -0.1) is 0 Å². The third-order valence-electron chi connectivity index (χ3n) is 2.72. The van der Waals surface area contributed by atoms with E-state index in [1.54, 1.807) is 21.1 Å². The molecule has 0 aliphatic carbocycles. The molecule has 0 N–H and O–H groups in total. The molecule has 0 bridgehead atoms. The van der Waals surface area contributed by atoms with E-state index in [-0.39, 0.29) is 11.4 Å². The molecule has 0 unspecified atom stereocenters. The number of methoxy groups -OCH3 is 2. The number of carbonyl (C=O) groups excluding carboxylic acids is 1. The standard InChI is InChI=1S/C12H24O4Si/c1-10(2)11(13)16-9-7-5-6-8-12(17,14-3)15-4/h1,5-9H2,2-4,17H3. The van der Waals surface area contributed by atoms with Gasteiger partial charge in [0.1, 0.15) is 5.41 Å². The number of hydrogen-bond donors (Lipinski definition) is 0. The second kappa shape index (κ2) is 8.44. The number of ether oxygens (including phenoxy) is 3. The lowest BCUT2D eigenvalue weighted by Crippen LogP contribution is -2.33. The van der Waals surface area contributed by atoms with Crippen molar-refractivity contribution in [2.45, 2.75) is 38.0 Å². The van der Waals surface area contributed by atoms with Gasteiger partial charge in [-0.25, -0.2) is 4.79 Å². The van der Waals surface area contributed by atoms with Gasteiger partial charge in [-0.2, -0.15) is 0 Å². The van der Waals surface area contributed by atoms with Gasteiger partial charge in [0.2, 0.25) is 0 Å². The third-order valence-corrected chi connectivity index (χ3v) is 4.04. The zero-order chi connectivity index (χ0) is 13.3. The zero-order valence-electron chi connectivity index (χ0n) is 11.4. The summed E-state index contributed by atoms with van der Waals surface area (Å²) in [5, 5.41) is 0. The van der Waals surface area contributed by atoms with Crippen LogP contribution in [-0.2, 0) is 19.0 Å². The summed E-state index contributed by atoms with van der Waals surface area (Å²) in [5.74, 6) is -0.309. The first kappa shape index (κ1) is 16.3. The lowest BCUT2D eigenvalue weighted by Gasteiger charge is -2.26. The Labute approximate surface area is 107 Å². The molecule has 0 radical (unpaired) electrons. The van der Waals surface area contributed by atoms with E-state index >= 15 is 0 Å². The Hall–Kier alpha value is -0.653. The second-order valence-electron chi connectivity index (χ2n) is 4.27. The van der Waals surface area contributed by atoms with Crippen molar-refractivity contribution in [1.82, 2.24) is 0 Å². The van der Waals surface area contributed by atoms with Crippen LogP contribution in [0.3, 0.4) is 0 Å². The van der Waals surface area contributed by atoms with Crippen LogP contribution in [0.1, 0.15) is 32.6 Å². The normalized spacial score (nSPS) is 11.5. The third kappa shape index (κ3) is 7.30. The molecule has 0 aliphatic rings. The van der Waals surface area contributed by atoms with Crippen LogP contribution in [-0.4, -0.2) is 42.4 Å². The van der Waals surface area contributed by atoms with Crippen molar-refractivity contribution in [1.29, 1.82) is 0 Å². The van der Waals surface area contributed by atoms with Crippen LogP contribution in [0.25, 0.3) is 0 Å². The maximum Gasteiger partial charge on any atom is 0.333 e. The summed E-state index contributed by atoms with van der Waals surface area (Å²) in [6.45, 7) is 5.63. The molecule has 0 aromatic carbocycles. The molecular weight excluding hydrogens is 236 g/mol. The smallest absolute Gasteiger partial charge is 0.333 e. The molecule has 0 rings (SSSR count). The number of unbranched alkanes of at least 4 members (excludes halogenated alkanes) is 2. The second-order valence-corrected chi connectivity index (χ2v) is 5.79. The average molecular weight is 260 g/mol. The highest BCUT2D eigenvalue weighted by molar-refractivity contribution is 6.13. The van der Waals surface area contributed by atoms with Crippen molar-refractivity contribution < 1.29 is 19.0 Å². The molecule has 0 amide bonds. The van der Waals surface area contributed by atoms with Crippen LogP contribution in [0.15, 0.2) is 12.2 Å². The Morgan fingerprint density at radius 2 is 1.82 bits per heavy atom. The number of hydrogen-bond acceptors (Lipinski definition) is 4. The number of esters is 1. The van der Waals surface area contributed by atoms with Gasteiger partial charge >= 0.3 is 5.97 Å². The summed E-state index contributed by atoms with van der Waals surface area (Å²) < 4.78 is 15.6. The van der Waals surface area contributed by atoms with Crippen molar-refractivity contribution in [3.63, 3.8) is 0 Å². The van der Waals surface area contributed by atoms with Crippen LogP contribution in [0, 0.1) is 0 Å². The van der Waals surface area contributed by atoms with E-state index in [1.165, 1.54) is 0 Å². The molecule has 0 fully saturated rings. The highest BCUT2D eigenvalue weighted by atomic mass is 28.1. The van der Waals surface area contributed by atoms with E-state index < -0.39 is 0 Å². The predicted molar refractivity (Wildman–Crippen MR) is 70.9 cm³/mol. The maximum absolute atomic E-state index is 11.1. The van der Waals surface area contributed by atoms with Crippen molar-refractivity contribution in [2.75, 3.05) is 20.8 Å². The summed E-state index contributed by atoms with van der Waals surface area (Å²) in [6.07, 6.45) is 3.76. The van der Waals surface area contributed by atoms with Crippen molar-refractivity contribution in [3.05, 3.63) is 12.2 Å². The highest BCUT2D eigenvalue weighted by Gasteiger charge is 2.20. The van der Waals surface area contributed by atoms with Gasteiger partial charge in [0, 0.05) is 19.8 Å². The molecular formula is C12H24O4Si. The monoisotopic (exact) mass is 260 g/mol. The highest BCUT2D eigenvalue weighted by Crippen LogP contribution is 2.15. The van der Waals surface area contributed by atoms with E-state index in [2.05, 4.69) is 6.58 Å². The average Bonchev–Trinajstić information content (AvgIpc) is 2.32. The van der Waals surface area contributed by atoms with Gasteiger partial charge in [0.15, 0.2) is 0 Å². The summed E-state index contributed by atoms with van der Waals surface area (Å²) in [7, 11) is 4.19. The lowest BCUT2D eigenvalue weighted by molar-refractivity contribution is -0.147. The molecule has 100 valence electrons. The van der Waals surface area contributed by atoms with Crippen LogP contribution >= 0.6 is 0 Å². The van der Waals surface area contributed by atoms with Crippen molar-refractivity contribution in [2.24, 2.45) is 0 Å². The Morgan fingerprint density at radius 1 is 1.24 bits per heavy atom. The van der Waals surface area contributed by atoms with Gasteiger partial charge < -0.3 is 14.2 Å². The lowest BCUT2D eigenvalue weighted by atomic mass is 10.2. The topological polar surface area (TPSA) is 44.8 Å². The van der Waals surface area contributed by atoms with E-state index in [1.807, 2.05) is 0 Å². The van der Waals surface area contributed by atoms with Gasteiger partial charge in [-0.1, -0.05) is 6.58 Å². The fourth-order valence-electron chi connectivity index (χ4n) is 1.30. The molecule has 0 heterocycles. The van der Waals surface area contributed by atoms with E-state index in [0.717, 1.165) is 35.9 Å². The van der Waals surface area contributed by atoms with E-state index in [0.29, 0.717) is 12.2 Å². The van der Waals surface area contributed by atoms with Crippen LogP contribution in [0.2, 0.25) is 0 Å². The molecule has 5 heteroatoms. The van der Waals surface area contributed by atoms with E-state index in [4.69, 9.17) is 14.2 Å². The Bertz CT molecular complexity index is 249. The first-order valence-corrected chi connectivity index (χ1v) is 6.88. The minimum absolute atomic E-state index is 0.309. The minimum Gasteiger partial charge on any atom is -0.462 e. The zero-order valence-corrected chi connectivity index (χ0v) is 13.4. The summed E-state index contributed by atoms with van der Waals surface area (Å²) in [6, 6.07) is 0. The molecule has 4 nitrogen and oxygen atoms in total. The fraction of sp³-hybridized carbons (Fsp3) is 0.750. The Balaban J connectivity index is 3.53. The molecule has 17 heavy (non-hydrogen) atoms. The fourth-order valence-corrected chi connectivity index (χ4v) is 1.65. The summed E-state index contributed by atoms with van der Waals surface area (Å²) in [4.78, 5) is 11.1. The first-order valence-electron chi connectivity index (χ1n) is 5.88. The molecule has 0 saturated heterocycles. The van der Waals surface area contributed by atoms with E-state index in [9.17, 15) is 4.79 Å². The molecule has 0 spiro atoms. The predicted octanol–water partition coefficient (Wildman–Crippen LogP) is 0.978. The largest absolute Gasteiger partial charge is 0.462 e. The van der Waals surface area contributed by atoms with Gasteiger partial charge in [0.05, 0.1) is 16.8 Å². The first-order chi connectivity index (χ1) is 7.95. The molecule has 0 atom stereocenters. The van der Waals surface area contributed by atoms with Gasteiger partial charge in [0.25, 0.3) is 0 Å². The molecule has 0 aromatic heterocycles. The number of rotatable bonds is 9. The summed E-state index contributed by atoms with van der Waals surface area (Å²) >= 11 is 0.